The molecule has 0 bridgehead atoms. The summed E-state index contributed by atoms with van der Waals surface area (Å²) in [6.07, 6.45) is 0. The molecule has 2 nitrogen and oxygen atoms in total. The number of aryl methyl sites for hydroxylation is 1. The van der Waals surface area contributed by atoms with Crippen LogP contribution < -0.4 is 10.1 Å². The Kier molecular flexibility index (Phi) is 4.35. The number of ether oxygens (including phenoxy) is 1. The zero-order chi connectivity index (χ0) is 14.7. The first kappa shape index (κ1) is 14.5. The third-order valence-electron chi connectivity index (χ3n) is 3.29. The van der Waals surface area contributed by atoms with Gasteiger partial charge < -0.3 is 10.1 Å². The molecule has 0 fully saturated rings. The van der Waals surface area contributed by atoms with Crippen molar-refractivity contribution in [1.82, 2.24) is 5.32 Å². The monoisotopic (exact) mass is 277 g/mol. The second-order valence-corrected chi connectivity index (χ2v) is 4.65. The Labute approximate surface area is 117 Å². The van der Waals surface area contributed by atoms with E-state index in [1.54, 1.807) is 14.2 Å². The van der Waals surface area contributed by atoms with Crippen molar-refractivity contribution in [2.45, 2.75) is 13.0 Å². The van der Waals surface area contributed by atoms with Crippen molar-refractivity contribution in [3.63, 3.8) is 0 Å². The van der Waals surface area contributed by atoms with Gasteiger partial charge in [-0.05, 0) is 54.9 Å². The molecule has 0 aliphatic rings. The molecule has 2 rings (SSSR count). The van der Waals surface area contributed by atoms with Crippen LogP contribution in [0.1, 0.15) is 22.7 Å². The molecule has 0 saturated heterocycles. The second-order valence-electron chi connectivity index (χ2n) is 4.65. The maximum Gasteiger partial charge on any atom is 0.126 e. The van der Waals surface area contributed by atoms with Gasteiger partial charge >= 0.3 is 0 Å². The Morgan fingerprint density at radius 2 is 1.70 bits per heavy atom. The molecule has 0 radical (unpaired) electrons. The van der Waals surface area contributed by atoms with Crippen LogP contribution in [0.5, 0.6) is 5.75 Å². The summed E-state index contributed by atoms with van der Waals surface area (Å²) in [6.45, 7) is 1.94. The maximum absolute atomic E-state index is 13.4. The average Bonchev–Trinajstić information content (AvgIpc) is 2.40. The van der Waals surface area contributed by atoms with Gasteiger partial charge in [0.1, 0.15) is 17.4 Å². The van der Waals surface area contributed by atoms with E-state index in [1.165, 1.54) is 12.1 Å². The van der Waals surface area contributed by atoms with Crippen molar-refractivity contribution in [1.29, 1.82) is 0 Å². The van der Waals surface area contributed by atoms with E-state index in [0.29, 0.717) is 5.56 Å². The van der Waals surface area contributed by atoms with Crippen LogP contribution in [0.4, 0.5) is 8.78 Å². The lowest BCUT2D eigenvalue weighted by molar-refractivity contribution is 0.414. The summed E-state index contributed by atoms with van der Waals surface area (Å²) in [5, 5.41) is 3.09. The Morgan fingerprint density at radius 1 is 1.05 bits per heavy atom. The van der Waals surface area contributed by atoms with Crippen LogP contribution in [0.3, 0.4) is 0 Å². The van der Waals surface area contributed by atoms with Gasteiger partial charge in [0, 0.05) is 6.07 Å². The van der Waals surface area contributed by atoms with Gasteiger partial charge in [-0.25, -0.2) is 8.78 Å². The van der Waals surface area contributed by atoms with Crippen molar-refractivity contribution in [2.24, 2.45) is 0 Å². The fourth-order valence-electron chi connectivity index (χ4n) is 2.34. The Bertz CT molecular complexity index is 593. The van der Waals surface area contributed by atoms with Crippen LogP contribution in [-0.4, -0.2) is 14.2 Å². The number of rotatable bonds is 4. The highest BCUT2D eigenvalue weighted by atomic mass is 19.1. The van der Waals surface area contributed by atoms with E-state index in [2.05, 4.69) is 5.32 Å². The van der Waals surface area contributed by atoms with E-state index in [0.717, 1.165) is 22.9 Å². The molecule has 1 unspecified atom stereocenters. The maximum atomic E-state index is 13.4. The highest BCUT2D eigenvalue weighted by Gasteiger charge is 2.16. The van der Waals surface area contributed by atoms with E-state index in [1.807, 2.05) is 25.1 Å². The van der Waals surface area contributed by atoms with Gasteiger partial charge in [0.2, 0.25) is 0 Å². The van der Waals surface area contributed by atoms with E-state index >= 15 is 0 Å². The number of hydrogen-bond acceptors (Lipinski definition) is 2. The molecule has 2 aromatic rings. The summed E-state index contributed by atoms with van der Waals surface area (Å²) in [4.78, 5) is 0. The zero-order valence-electron chi connectivity index (χ0n) is 11.7. The van der Waals surface area contributed by atoms with Crippen molar-refractivity contribution < 1.29 is 13.5 Å². The van der Waals surface area contributed by atoms with Gasteiger partial charge in [0.25, 0.3) is 0 Å². The molecule has 0 spiro atoms. The van der Waals surface area contributed by atoms with Crippen LogP contribution >= 0.6 is 0 Å². The van der Waals surface area contributed by atoms with E-state index in [9.17, 15) is 8.78 Å². The Hall–Kier alpha value is -1.94. The van der Waals surface area contributed by atoms with Gasteiger partial charge in [-0.15, -0.1) is 0 Å². The number of halogens is 2. The van der Waals surface area contributed by atoms with Crippen molar-refractivity contribution >= 4 is 0 Å². The molecule has 0 heterocycles. The van der Waals surface area contributed by atoms with Gasteiger partial charge in [-0.2, -0.15) is 0 Å². The highest BCUT2D eigenvalue weighted by molar-refractivity contribution is 5.41. The minimum atomic E-state index is -0.577. The normalized spacial score (nSPS) is 12.2. The lowest BCUT2D eigenvalue weighted by Crippen LogP contribution is -2.19. The summed E-state index contributed by atoms with van der Waals surface area (Å²) in [5.74, 6) is -0.399. The number of methoxy groups -OCH3 is 1. The standard InChI is InChI=1S/C16H17F2NO/c1-10-6-14(20-3)4-5-15(10)16(19-2)11-7-12(17)9-13(18)8-11/h4-9,16,19H,1-3H3. The highest BCUT2D eigenvalue weighted by Crippen LogP contribution is 2.28. The van der Waals surface area contributed by atoms with Crippen molar-refractivity contribution in [3.8, 4) is 5.75 Å². The molecule has 2 aromatic carbocycles. The number of hydrogen-bond donors (Lipinski definition) is 1. The first-order valence-electron chi connectivity index (χ1n) is 6.33. The molecule has 0 aromatic heterocycles. The lowest BCUT2D eigenvalue weighted by atomic mass is 9.95. The number of benzene rings is 2. The molecular formula is C16H17F2NO. The van der Waals surface area contributed by atoms with E-state index in [-0.39, 0.29) is 6.04 Å². The van der Waals surface area contributed by atoms with Gasteiger partial charge in [0.05, 0.1) is 13.2 Å². The van der Waals surface area contributed by atoms with Crippen LogP contribution in [-0.2, 0) is 0 Å². The van der Waals surface area contributed by atoms with Crippen molar-refractivity contribution in [2.75, 3.05) is 14.2 Å². The average molecular weight is 277 g/mol. The largest absolute Gasteiger partial charge is 0.497 e. The first-order valence-corrected chi connectivity index (χ1v) is 6.33. The van der Waals surface area contributed by atoms with Crippen LogP contribution in [0.25, 0.3) is 0 Å². The summed E-state index contributed by atoms with van der Waals surface area (Å²) < 4.78 is 31.9. The quantitative estimate of drug-likeness (QED) is 0.922. The molecule has 20 heavy (non-hydrogen) atoms. The predicted molar refractivity (Wildman–Crippen MR) is 75.0 cm³/mol. The smallest absolute Gasteiger partial charge is 0.126 e. The van der Waals surface area contributed by atoms with Crippen LogP contribution in [0.2, 0.25) is 0 Å². The Balaban J connectivity index is 2.46. The molecule has 4 heteroatoms. The minimum Gasteiger partial charge on any atom is -0.497 e. The molecular weight excluding hydrogens is 260 g/mol. The summed E-state index contributed by atoms with van der Waals surface area (Å²) in [5.41, 5.74) is 2.50. The first-order chi connectivity index (χ1) is 9.55. The molecule has 0 amide bonds. The van der Waals surface area contributed by atoms with E-state index < -0.39 is 11.6 Å². The summed E-state index contributed by atoms with van der Waals surface area (Å²) in [7, 11) is 3.36. The fourth-order valence-corrected chi connectivity index (χ4v) is 2.34. The van der Waals surface area contributed by atoms with Crippen LogP contribution in [0.15, 0.2) is 36.4 Å². The Morgan fingerprint density at radius 3 is 2.20 bits per heavy atom. The molecule has 1 N–H and O–H groups in total. The lowest BCUT2D eigenvalue weighted by Gasteiger charge is -2.20. The molecule has 0 aliphatic heterocycles. The van der Waals surface area contributed by atoms with Gasteiger partial charge in [0.15, 0.2) is 0 Å². The molecule has 0 aliphatic carbocycles. The minimum absolute atomic E-state index is 0.272. The third-order valence-corrected chi connectivity index (χ3v) is 3.29. The summed E-state index contributed by atoms with van der Waals surface area (Å²) >= 11 is 0. The summed E-state index contributed by atoms with van der Waals surface area (Å²) in [6, 6.07) is 8.92. The topological polar surface area (TPSA) is 21.3 Å². The molecule has 0 saturated carbocycles. The van der Waals surface area contributed by atoms with Crippen molar-refractivity contribution in [3.05, 3.63) is 64.7 Å². The van der Waals surface area contributed by atoms with Crippen LogP contribution in [0, 0.1) is 18.6 Å². The fraction of sp³-hybridized carbons (Fsp3) is 0.250. The third kappa shape index (κ3) is 2.96. The van der Waals surface area contributed by atoms with Gasteiger partial charge in [-0.1, -0.05) is 6.07 Å². The molecule has 1 atom stereocenters. The zero-order valence-corrected chi connectivity index (χ0v) is 11.7. The SMILES string of the molecule is CNC(c1cc(F)cc(F)c1)c1ccc(OC)cc1C. The van der Waals surface area contributed by atoms with Gasteiger partial charge in [-0.3, -0.25) is 0 Å². The van der Waals surface area contributed by atoms with E-state index in [4.69, 9.17) is 4.74 Å². The predicted octanol–water partition coefficient (Wildman–Crippen LogP) is 3.59. The number of nitrogens with one attached hydrogen (secondary N) is 1. The second kappa shape index (κ2) is 6.01. The molecule has 106 valence electrons.